The van der Waals surface area contributed by atoms with Gasteiger partial charge in [0.05, 0.1) is 22.6 Å². The molecule has 1 amide bonds. The number of amides is 1. The van der Waals surface area contributed by atoms with Crippen LogP contribution in [-0.4, -0.2) is 58.2 Å². The van der Waals surface area contributed by atoms with Gasteiger partial charge in [-0.15, -0.1) is 0 Å². The lowest BCUT2D eigenvalue weighted by molar-refractivity contribution is 0.0641. The van der Waals surface area contributed by atoms with Gasteiger partial charge in [0.2, 0.25) is 0 Å². The maximum Gasteiger partial charge on any atom is 0.257 e. The summed E-state index contributed by atoms with van der Waals surface area (Å²) in [5.41, 5.74) is 3.82. The number of hydrogen-bond acceptors (Lipinski definition) is 3. The first-order valence-corrected chi connectivity index (χ1v) is 10.4. The van der Waals surface area contributed by atoms with Crippen LogP contribution in [0.2, 0.25) is 5.02 Å². The van der Waals surface area contributed by atoms with E-state index in [4.69, 9.17) is 16.7 Å². The van der Waals surface area contributed by atoms with Gasteiger partial charge in [-0.1, -0.05) is 25.4 Å². The molecule has 0 radical (unpaired) electrons. The monoisotopic (exact) mass is 386 g/mol. The summed E-state index contributed by atoms with van der Waals surface area (Å²) in [4.78, 5) is 17.9. The van der Waals surface area contributed by atoms with Crippen molar-refractivity contribution in [2.24, 2.45) is 0 Å². The lowest BCUT2D eigenvalue weighted by Crippen LogP contribution is -2.48. The molecular weight excluding hydrogens is 360 g/mol. The maximum absolute atomic E-state index is 13.5. The van der Waals surface area contributed by atoms with Gasteiger partial charge in [-0.05, 0) is 50.1 Å². The van der Waals surface area contributed by atoms with Gasteiger partial charge in [-0.2, -0.15) is 5.10 Å². The van der Waals surface area contributed by atoms with Crippen molar-refractivity contribution in [3.63, 3.8) is 0 Å². The molecule has 4 rings (SSSR count). The Morgan fingerprint density at radius 2 is 1.78 bits per heavy atom. The van der Waals surface area contributed by atoms with Crippen LogP contribution in [0.3, 0.4) is 0 Å². The highest BCUT2D eigenvalue weighted by Gasteiger charge is 2.36. The molecule has 2 heterocycles. The number of aromatic nitrogens is 2. The molecule has 1 aromatic heterocycles. The first kappa shape index (κ1) is 18.5. The second-order valence-electron chi connectivity index (χ2n) is 7.45. The summed E-state index contributed by atoms with van der Waals surface area (Å²) < 4.78 is 1.96. The Morgan fingerprint density at radius 1 is 1.11 bits per heavy atom. The third-order valence-corrected chi connectivity index (χ3v) is 5.95. The van der Waals surface area contributed by atoms with Crippen LogP contribution < -0.4 is 0 Å². The third kappa shape index (κ3) is 3.63. The van der Waals surface area contributed by atoms with Crippen LogP contribution in [0.15, 0.2) is 24.3 Å². The van der Waals surface area contributed by atoms with Crippen molar-refractivity contribution >= 4 is 17.5 Å². The number of carbonyl (C=O) groups is 1. The smallest absolute Gasteiger partial charge is 0.257 e. The van der Waals surface area contributed by atoms with Crippen LogP contribution in [0.1, 0.15) is 54.4 Å². The number of carbonyl (C=O) groups excluding carboxylic acids is 1. The summed E-state index contributed by atoms with van der Waals surface area (Å²) in [6, 6.07) is 7.69. The molecule has 0 unspecified atom stereocenters. The molecule has 5 nitrogen and oxygen atoms in total. The van der Waals surface area contributed by atoms with E-state index in [0.29, 0.717) is 10.9 Å². The predicted molar refractivity (Wildman–Crippen MR) is 108 cm³/mol. The fraction of sp³-hybridized carbons (Fsp3) is 0.524. The maximum atomic E-state index is 13.5. The highest BCUT2D eigenvalue weighted by Crippen LogP contribution is 2.42. The van der Waals surface area contributed by atoms with Crippen LogP contribution in [0.5, 0.6) is 0 Å². The summed E-state index contributed by atoms with van der Waals surface area (Å²) in [5.74, 6) is 0.587. The van der Waals surface area contributed by atoms with Gasteiger partial charge in [0, 0.05) is 37.1 Å². The molecule has 1 saturated heterocycles. The van der Waals surface area contributed by atoms with Crippen molar-refractivity contribution in [2.45, 2.75) is 39.0 Å². The highest BCUT2D eigenvalue weighted by molar-refractivity contribution is 6.30. The van der Waals surface area contributed by atoms with E-state index >= 15 is 0 Å². The molecule has 0 spiro atoms. The van der Waals surface area contributed by atoms with Crippen molar-refractivity contribution in [2.75, 3.05) is 32.7 Å². The largest absolute Gasteiger partial charge is 0.336 e. The molecule has 6 heteroatoms. The van der Waals surface area contributed by atoms with E-state index < -0.39 is 0 Å². The zero-order valence-electron chi connectivity index (χ0n) is 16.1. The summed E-state index contributed by atoms with van der Waals surface area (Å²) in [6.45, 7) is 8.82. The summed E-state index contributed by atoms with van der Waals surface area (Å²) in [5, 5.41) is 5.61. The predicted octanol–water partition coefficient (Wildman–Crippen LogP) is 3.74. The van der Waals surface area contributed by atoms with Gasteiger partial charge in [0.25, 0.3) is 5.91 Å². The average molecular weight is 387 g/mol. The zero-order chi connectivity index (χ0) is 19.0. The second kappa shape index (κ2) is 7.64. The van der Waals surface area contributed by atoms with Crippen LogP contribution in [0.25, 0.3) is 5.69 Å². The number of halogens is 1. The van der Waals surface area contributed by atoms with Gasteiger partial charge in [0.1, 0.15) is 0 Å². The van der Waals surface area contributed by atoms with Crippen molar-refractivity contribution in [1.29, 1.82) is 0 Å². The van der Waals surface area contributed by atoms with Gasteiger partial charge >= 0.3 is 0 Å². The zero-order valence-corrected chi connectivity index (χ0v) is 16.9. The fourth-order valence-electron chi connectivity index (χ4n) is 3.90. The quantitative estimate of drug-likeness (QED) is 0.785. The summed E-state index contributed by atoms with van der Waals surface area (Å²) in [7, 11) is 0. The average Bonchev–Trinajstić information content (AvgIpc) is 3.48. The Morgan fingerprint density at radius 3 is 2.33 bits per heavy atom. The molecule has 0 N–H and O–H groups in total. The summed E-state index contributed by atoms with van der Waals surface area (Å²) in [6.07, 6.45) is 3.04. The molecule has 27 heavy (non-hydrogen) atoms. The highest BCUT2D eigenvalue weighted by atomic mass is 35.5. The Kier molecular flexibility index (Phi) is 5.24. The number of nitrogens with zero attached hydrogens (tertiary/aromatic N) is 4. The SMILES string of the molecule is CCc1c(C(=O)N2CCN(CC)CC2)c(C2CC2)nn1-c1ccc(Cl)cc1. The van der Waals surface area contributed by atoms with Crippen LogP contribution >= 0.6 is 11.6 Å². The Hall–Kier alpha value is -1.85. The van der Waals surface area contributed by atoms with Crippen molar-refractivity contribution in [3.8, 4) is 5.69 Å². The van der Waals surface area contributed by atoms with E-state index in [1.54, 1.807) is 0 Å². The minimum Gasteiger partial charge on any atom is -0.336 e. The second-order valence-corrected chi connectivity index (χ2v) is 7.89. The van der Waals surface area contributed by atoms with E-state index in [1.807, 2.05) is 33.8 Å². The lowest BCUT2D eigenvalue weighted by atomic mass is 10.1. The standard InChI is InChI=1S/C21H27ClN4O/c1-3-18-19(21(27)25-13-11-24(4-2)12-14-25)20(15-5-6-15)23-26(18)17-9-7-16(22)8-10-17/h7-10,15H,3-6,11-14H2,1-2H3. The number of rotatable bonds is 5. The third-order valence-electron chi connectivity index (χ3n) is 5.70. The van der Waals surface area contributed by atoms with Crippen molar-refractivity contribution in [1.82, 2.24) is 19.6 Å². The molecule has 144 valence electrons. The topological polar surface area (TPSA) is 41.4 Å². The molecule has 1 aromatic carbocycles. The first-order chi connectivity index (χ1) is 13.1. The lowest BCUT2D eigenvalue weighted by Gasteiger charge is -2.34. The Balaban J connectivity index is 1.71. The molecule has 2 aromatic rings. The normalized spacial score (nSPS) is 18.1. The van der Waals surface area contributed by atoms with Gasteiger partial charge in [-0.25, -0.2) is 4.68 Å². The fourth-order valence-corrected chi connectivity index (χ4v) is 4.02. The Bertz CT molecular complexity index is 817. The molecule has 1 saturated carbocycles. The molecular formula is C21H27ClN4O. The molecule has 2 aliphatic rings. The Labute approximate surface area is 165 Å². The first-order valence-electron chi connectivity index (χ1n) is 10.0. The van der Waals surface area contributed by atoms with E-state index in [2.05, 4.69) is 18.7 Å². The molecule has 1 aliphatic heterocycles. The minimum atomic E-state index is 0.157. The number of benzene rings is 1. The van der Waals surface area contributed by atoms with Gasteiger partial charge in [0.15, 0.2) is 0 Å². The number of likely N-dealkylation sites (N-methyl/N-ethyl adjacent to an activating group) is 1. The van der Waals surface area contributed by atoms with Crippen LogP contribution in [0, 0.1) is 0 Å². The van der Waals surface area contributed by atoms with Gasteiger partial charge < -0.3 is 9.80 Å². The van der Waals surface area contributed by atoms with E-state index in [9.17, 15) is 4.79 Å². The molecule has 0 bridgehead atoms. The van der Waals surface area contributed by atoms with E-state index in [-0.39, 0.29) is 5.91 Å². The van der Waals surface area contributed by atoms with Crippen molar-refractivity contribution in [3.05, 3.63) is 46.2 Å². The molecule has 0 atom stereocenters. The summed E-state index contributed by atoms with van der Waals surface area (Å²) >= 11 is 6.05. The molecule has 2 fully saturated rings. The van der Waals surface area contributed by atoms with E-state index in [1.165, 1.54) is 0 Å². The minimum absolute atomic E-state index is 0.157. The van der Waals surface area contributed by atoms with E-state index in [0.717, 1.165) is 74.6 Å². The molecule has 1 aliphatic carbocycles. The number of hydrogen-bond donors (Lipinski definition) is 0. The number of piperazine rings is 1. The van der Waals surface area contributed by atoms with Crippen LogP contribution in [0.4, 0.5) is 0 Å². The van der Waals surface area contributed by atoms with Gasteiger partial charge in [-0.3, -0.25) is 4.79 Å². The van der Waals surface area contributed by atoms with Crippen molar-refractivity contribution < 1.29 is 4.79 Å². The van der Waals surface area contributed by atoms with Crippen LogP contribution in [-0.2, 0) is 6.42 Å².